The topological polar surface area (TPSA) is 43.8 Å². The van der Waals surface area contributed by atoms with Gasteiger partial charge in [0.15, 0.2) is 0 Å². The van der Waals surface area contributed by atoms with Gasteiger partial charge in [-0.05, 0) is 20.0 Å². The maximum absolute atomic E-state index is 11.6. The van der Waals surface area contributed by atoms with E-state index in [1.54, 1.807) is 0 Å². The molecule has 1 aliphatic rings. The Morgan fingerprint density at radius 2 is 2.00 bits per heavy atom. The molecular formula is C14H28N2O2. The third-order valence-electron chi connectivity index (χ3n) is 3.99. The van der Waals surface area contributed by atoms with Crippen molar-refractivity contribution in [2.24, 2.45) is 5.92 Å². The lowest BCUT2D eigenvalue weighted by Gasteiger charge is -2.37. The van der Waals surface area contributed by atoms with E-state index in [1.807, 2.05) is 6.92 Å². The molecule has 1 fully saturated rings. The number of ketones is 1. The van der Waals surface area contributed by atoms with Crippen molar-refractivity contribution in [1.82, 2.24) is 9.80 Å². The average molecular weight is 256 g/mol. The third kappa shape index (κ3) is 4.34. The van der Waals surface area contributed by atoms with Gasteiger partial charge in [0.05, 0.1) is 6.10 Å². The van der Waals surface area contributed by atoms with E-state index in [1.165, 1.54) is 0 Å². The molecule has 4 nitrogen and oxygen atoms in total. The SMILES string of the molecule is CCN(CC)CC(O)CN1CC(C)C(=O)CC1C. The number of β-amino-alcohol motifs (C(OH)–C–C–N with tert-alkyl or cyclic N) is 1. The van der Waals surface area contributed by atoms with Crippen molar-refractivity contribution in [3.63, 3.8) is 0 Å². The summed E-state index contributed by atoms with van der Waals surface area (Å²) in [5.74, 6) is 0.471. The summed E-state index contributed by atoms with van der Waals surface area (Å²) in [6, 6.07) is 0.264. The second-order valence-electron chi connectivity index (χ2n) is 5.51. The molecule has 0 aromatic heterocycles. The number of hydrogen-bond acceptors (Lipinski definition) is 4. The Kier molecular flexibility index (Phi) is 6.26. The normalized spacial score (nSPS) is 27.8. The number of Topliss-reactive ketones (excluding diaryl/α,β-unsaturated/α-hetero) is 1. The van der Waals surface area contributed by atoms with Gasteiger partial charge in [0.1, 0.15) is 5.78 Å². The average Bonchev–Trinajstić information content (AvgIpc) is 2.33. The van der Waals surface area contributed by atoms with Gasteiger partial charge in [0, 0.05) is 38.0 Å². The number of carbonyl (C=O) groups is 1. The minimum absolute atomic E-state index is 0.113. The fourth-order valence-electron chi connectivity index (χ4n) is 2.62. The third-order valence-corrected chi connectivity index (χ3v) is 3.99. The Balaban J connectivity index is 2.43. The van der Waals surface area contributed by atoms with Gasteiger partial charge in [0.25, 0.3) is 0 Å². The quantitative estimate of drug-likeness (QED) is 0.769. The number of hydrogen-bond donors (Lipinski definition) is 1. The summed E-state index contributed by atoms with van der Waals surface area (Å²) in [4.78, 5) is 16.1. The zero-order valence-electron chi connectivity index (χ0n) is 12.2. The number of rotatable bonds is 6. The standard InChI is InChI=1S/C14H28N2O2/c1-5-15(6-2)9-13(17)10-16-8-11(3)14(18)7-12(16)4/h11-13,17H,5-10H2,1-4H3. The van der Waals surface area contributed by atoms with E-state index in [-0.39, 0.29) is 18.1 Å². The monoisotopic (exact) mass is 256 g/mol. The Hall–Kier alpha value is -0.450. The van der Waals surface area contributed by atoms with Gasteiger partial charge in [-0.1, -0.05) is 20.8 Å². The second kappa shape index (κ2) is 7.22. The summed E-state index contributed by atoms with van der Waals surface area (Å²) in [5.41, 5.74) is 0. The molecule has 0 aliphatic carbocycles. The molecule has 106 valence electrons. The first-order valence-electron chi connectivity index (χ1n) is 7.15. The van der Waals surface area contributed by atoms with Crippen molar-refractivity contribution in [2.75, 3.05) is 32.7 Å². The largest absolute Gasteiger partial charge is 0.390 e. The smallest absolute Gasteiger partial charge is 0.138 e. The van der Waals surface area contributed by atoms with Crippen molar-refractivity contribution in [3.05, 3.63) is 0 Å². The van der Waals surface area contributed by atoms with E-state index in [9.17, 15) is 9.90 Å². The minimum atomic E-state index is -0.326. The zero-order chi connectivity index (χ0) is 13.7. The van der Waals surface area contributed by atoms with Crippen molar-refractivity contribution in [3.8, 4) is 0 Å². The molecule has 1 heterocycles. The van der Waals surface area contributed by atoms with Crippen LogP contribution in [0.4, 0.5) is 0 Å². The lowest BCUT2D eigenvalue weighted by molar-refractivity contribution is -0.128. The first kappa shape index (κ1) is 15.6. The van der Waals surface area contributed by atoms with Gasteiger partial charge >= 0.3 is 0 Å². The number of aliphatic hydroxyl groups excluding tert-OH is 1. The van der Waals surface area contributed by atoms with Gasteiger partial charge < -0.3 is 10.0 Å². The molecule has 0 aromatic rings. The van der Waals surface area contributed by atoms with Crippen LogP contribution < -0.4 is 0 Å². The summed E-state index contributed by atoms with van der Waals surface area (Å²) in [6.45, 7) is 12.4. The first-order valence-corrected chi connectivity index (χ1v) is 7.15. The van der Waals surface area contributed by atoms with Crippen molar-refractivity contribution < 1.29 is 9.90 Å². The van der Waals surface area contributed by atoms with Gasteiger partial charge in [-0.25, -0.2) is 0 Å². The molecule has 0 amide bonds. The predicted octanol–water partition coefficient (Wildman–Crippen LogP) is 0.988. The summed E-state index contributed by atoms with van der Waals surface area (Å²) in [5, 5.41) is 10.1. The van der Waals surface area contributed by atoms with Gasteiger partial charge in [-0.2, -0.15) is 0 Å². The highest BCUT2D eigenvalue weighted by Crippen LogP contribution is 2.18. The highest BCUT2D eigenvalue weighted by atomic mass is 16.3. The number of aliphatic hydroxyl groups is 1. The van der Waals surface area contributed by atoms with Crippen molar-refractivity contribution >= 4 is 5.78 Å². The van der Waals surface area contributed by atoms with Crippen LogP contribution in [0.1, 0.15) is 34.1 Å². The van der Waals surface area contributed by atoms with Gasteiger partial charge in [-0.3, -0.25) is 9.69 Å². The number of carbonyl (C=O) groups excluding carboxylic acids is 1. The van der Waals surface area contributed by atoms with E-state index in [0.717, 1.165) is 26.2 Å². The molecule has 1 N–H and O–H groups in total. The van der Waals surface area contributed by atoms with E-state index in [0.29, 0.717) is 18.7 Å². The van der Waals surface area contributed by atoms with Crippen LogP contribution in [0.5, 0.6) is 0 Å². The van der Waals surface area contributed by atoms with Crippen LogP contribution in [0.25, 0.3) is 0 Å². The lowest BCUT2D eigenvalue weighted by Crippen LogP contribution is -2.50. The second-order valence-corrected chi connectivity index (χ2v) is 5.51. The maximum Gasteiger partial charge on any atom is 0.138 e. The van der Waals surface area contributed by atoms with Crippen LogP contribution in [0.15, 0.2) is 0 Å². The molecule has 0 bridgehead atoms. The molecule has 0 spiro atoms. The Morgan fingerprint density at radius 1 is 1.39 bits per heavy atom. The van der Waals surface area contributed by atoms with E-state index < -0.39 is 0 Å². The number of likely N-dealkylation sites (N-methyl/N-ethyl adjacent to an activating group) is 1. The van der Waals surface area contributed by atoms with Crippen LogP contribution in [-0.4, -0.2) is 65.6 Å². The van der Waals surface area contributed by atoms with Crippen LogP contribution in [0, 0.1) is 5.92 Å². The van der Waals surface area contributed by atoms with Gasteiger partial charge in [0.2, 0.25) is 0 Å². The zero-order valence-corrected chi connectivity index (χ0v) is 12.2. The van der Waals surface area contributed by atoms with Crippen LogP contribution in [0.3, 0.4) is 0 Å². The highest BCUT2D eigenvalue weighted by Gasteiger charge is 2.30. The summed E-state index contributed by atoms with van der Waals surface area (Å²) in [6.07, 6.45) is 0.298. The minimum Gasteiger partial charge on any atom is -0.390 e. The van der Waals surface area contributed by atoms with Crippen LogP contribution in [0.2, 0.25) is 0 Å². The molecule has 0 radical (unpaired) electrons. The van der Waals surface area contributed by atoms with Crippen molar-refractivity contribution in [1.29, 1.82) is 0 Å². The Labute approximate surface area is 111 Å². The number of nitrogens with zero attached hydrogens (tertiary/aromatic N) is 2. The summed E-state index contributed by atoms with van der Waals surface area (Å²) in [7, 11) is 0. The predicted molar refractivity (Wildman–Crippen MR) is 73.6 cm³/mol. The number of likely N-dealkylation sites (tertiary alicyclic amines) is 1. The first-order chi connectivity index (χ1) is 8.47. The fourth-order valence-corrected chi connectivity index (χ4v) is 2.62. The van der Waals surface area contributed by atoms with E-state index >= 15 is 0 Å². The van der Waals surface area contributed by atoms with Crippen LogP contribution >= 0.6 is 0 Å². The Morgan fingerprint density at radius 3 is 2.56 bits per heavy atom. The summed E-state index contributed by atoms with van der Waals surface area (Å²) >= 11 is 0. The number of piperidine rings is 1. The summed E-state index contributed by atoms with van der Waals surface area (Å²) < 4.78 is 0. The Bertz CT molecular complexity index is 267. The molecule has 3 atom stereocenters. The van der Waals surface area contributed by atoms with Crippen molar-refractivity contribution in [2.45, 2.75) is 46.3 Å². The van der Waals surface area contributed by atoms with E-state index in [4.69, 9.17) is 0 Å². The maximum atomic E-state index is 11.6. The lowest BCUT2D eigenvalue weighted by atomic mass is 9.93. The molecule has 1 saturated heterocycles. The molecule has 0 saturated carbocycles. The molecule has 1 aliphatic heterocycles. The van der Waals surface area contributed by atoms with Crippen LogP contribution in [-0.2, 0) is 4.79 Å². The van der Waals surface area contributed by atoms with E-state index in [2.05, 4.69) is 30.6 Å². The molecule has 3 unspecified atom stereocenters. The molecule has 4 heteroatoms. The van der Waals surface area contributed by atoms with Gasteiger partial charge in [-0.15, -0.1) is 0 Å². The molecule has 18 heavy (non-hydrogen) atoms. The fraction of sp³-hybridized carbons (Fsp3) is 0.929. The molecular weight excluding hydrogens is 228 g/mol. The molecule has 1 rings (SSSR count). The highest BCUT2D eigenvalue weighted by molar-refractivity contribution is 5.82. The molecule has 0 aromatic carbocycles.